The van der Waals surface area contributed by atoms with E-state index in [9.17, 15) is 5.11 Å². The van der Waals surface area contributed by atoms with Crippen molar-refractivity contribution in [3.05, 3.63) is 39.8 Å². The number of phenols is 1. The van der Waals surface area contributed by atoms with Gasteiger partial charge >= 0.3 is 0 Å². The van der Waals surface area contributed by atoms with Crippen LogP contribution in [0, 0.1) is 0 Å². The molecule has 22 heavy (non-hydrogen) atoms. The molecule has 0 unspecified atom stereocenters. The smallest absolute Gasteiger partial charge is 0.136 e. The first-order valence-electron chi connectivity index (χ1n) is 6.87. The van der Waals surface area contributed by atoms with E-state index in [1.54, 1.807) is 6.07 Å². The van der Waals surface area contributed by atoms with E-state index in [-0.39, 0.29) is 36.6 Å². The average Bonchev–Trinajstić information content (AvgIpc) is 2.47. The third kappa shape index (κ3) is 5.29. The maximum Gasteiger partial charge on any atom is 0.136 e. The summed E-state index contributed by atoms with van der Waals surface area (Å²) in [5, 5.41) is 14.4. The number of hydrogen-bond acceptors (Lipinski definition) is 3. The molecule has 1 aliphatic rings. The van der Waals surface area contributed by atoms with Crippen molar-refractivity contribution in [2.75, 3.05) is 26.2 Å². The van der Waals surface area contributed by atoms with Gasteiger partial charge in [0.25, 0.3) is 0 Å². The number of benzene rings is 1. The standard InChI is InChI=1S/C15H20BrClN2O.2ClH/c1-2-3-4-13(19-9-7-18-8-10-19)14-12(17)6-5-11(16)15(14)20;;/h2,5-6,13,18,20H,1,3-4,7-10H2;2*1H/t13-;;/m0../s1. The van der Waals surface area contributed by atoms with Crippen molar-refractivity contribution in [2.24, 2.45) is 0 Å². The second-order valence-electron chi connectivity index (χ2n) is 4.96. The minimum Gasteiger partial charge on any atom is -0.506 e. The summed E-state index contributed by atoms with van der Waals surface area (Å²) in [5.74, 6) is 0.255. The van der Waals surface area contributed by atoms with Gasteiger partial charge in [-0.25, -0.2) is 0 Å². The molecule has 1 atom stereocenters. The summed E-state index contributed by atoms with van der Waals surface area (Å²) in [4.78, 5) is 2.38. The second kappa shape index (κ2) is 10.7. The Kier molecular flexibility index (Phi) is 10.8. The Hall–Kier alpha value is 0.0300. The van der Waals surface area contributed by atoms with Crippen molar-refractivity contribution >= 4 is 52.3 Å². The van der Waals surface area contributed by atoms with Gasteiger partial charge in [-0.3, -0.25) is 4.90 Å². The van der Waals surface area contributed by atoms with Gasteiger partial charge in [0.05, 0.1) is 4.47 Å². The van der Waals surface area contributed by atoms with Crippen molar-refractivity contribution in [2.45, 2.75) is 18.9 Å². The van der Waals surface area contributed by atoms with Crippen LogP contribution in [0.3, 0.4) is 0 Å². The molecule has 0 radical (unpaired) electrons. The number of piperazine rings is 1. The Morgan fingerprint density at radius 2 is 2.00 bits per heavy atom. The van der Waals surface area contributed by atoms with Crippen LogP contribution in [0.15, 0.2) is 29.3 Å². The van der Waals surface area contributed by atoms with E-state index in [0.717, 1.165) is 44.6 Å². The van der Waals surface area contributed by atoms with Gasteiger partial charge in [-0.15, -0.1) is 31.4 Å². The molecule has 0 amide bonds. The van der Waals surface area contributed by atoms with Crippen LogP contribution in [0.2, 0.25) is 5.02 Å². The highest BCUT2D eigenvalue weighted by Gasteiger charge is 2.26. The zero-order chi connectivity index (χ0) is 14.5. The molecule has 0 aliphatic carbocycles. The van der Waals surface area contributed by atoms with Gasteiger partial charge in [0.15, 0.2) is 0 Å². The molecule has 2 rings (SSSR count). The van der Waals surface area contributed by atoms with Crippen molar-refractivity contribution in [1.29, 1.82) is 0 Å². The lowest BCUT2D eigenvalue weighted by Crippen LogP contribution is -2.45. The summed E-state index contributed by atoms with van der Waals surface area (Å²) >= 11 is 9.73. The second-order valence-corrected chi connectivity index (χ2v) is 6.22. The fraction of sp³-hybridized carbons (Fsp3) is 0.467. The normalized spacial score (nSPS) is 16.3. The Morgan fingerprint density at radius 1 is 1.36 bits per heavy atom. The Labute approximate surface area is 158 Å². The number of aromatic hydroxyl groups is 1. The molecule has 7 heteroatoms. The first-order chi connectivity index (χ1) is 9.65. The lowest BCUT2D eigenvalue weighted by Gasteiger charge is -2.36. The van der Waals surface area contributed by atoms with E-state index in [1.165, 1.54) is 0 Å². The van der Waals surface area contributed by atoms with Gasteiger partial charge in [0.1, 0.15) is 5.75 Å². The van der Waals surface area contributed by atoms with Crippen LogP contribution in [0.1, 0.15) is 24.4 Å². The maximum atomic E-state index is 10.4. The first kappa shape index (κ1) is 22.0. The minimum atomic E-state index is 0. The van der Waals surface area contributed by atoms with E-state index in [0.29, 0.717) is 9.50 Å². The maximum absolute atomic E-state index is 10.4. The van der Waals surface area contributed by atoms with E-state index in [1.807, 2.05) is 12.1 Å². The van der Waals surface area contributed by atoms with Crippen LogP contribution in [-0.2, 0) is 0 Å². The van der Waals surface area contributed by atoms with E-state index in [4.69, 9.17) is 11.6 Å². The predicted octanol–water partition coefficient (Wildman–Crippen LogP) is 4.56. The molecule has 3 nitrogen and oxygen atoms in total. The quantitative estimate of drug-likeness (QED) is 0.670. The van der Waals surface area contributed by atoms with Gasteiger partial charge in [0.2, 0.25) is 0 Å². The molecule has 0 bridgehead atoms. The molecular formula is C15H22BrCl3N2O. The summed E-state index contributed by atoms with van der Waals surface area (Å²) in [7, 11) is 0. The molecule has 2 N–H and O–H groups in total. The van der Waals surface area contributed by atoms with Crippen LogP contribution < -0.4 is 5.32 Å². The van der Waals surface area contributed by atoms with Crippen LogP contribution >= 0.6 is 52.3 Å². The van der Waals surface area contributed by atoms with Crippen LogP contribution in [0.25, 0.3) is 0 Å². The van der Waals surface area contributed by atoms with Crippen LogP contribution in [0.5, 0.6) is 5.75 Å². The molecule has 1 aliphatic heterocycles. The van der Waals surface area contributed by atoms with Crippen molar-refractivity contribution < 1.29 is 5.11 Å². The lowest BCUT2D eigenvalue weighted by atomic mass is 9.98. The highest BCUT2D eigenvalue weighted by atomic mass is 79.9. The number of nitrogens with zero attached hydrogens (tertiary/aromatic N) is 1. The third-order valence-electron chi connectivity index (χ3n) is 3.68. The molecular weight excluding hydrogens is 410 g/mol. The number of rotatable bonds is 5. The molecule has 1 heterocycles. The number of allylic oxidation sites excluding steroid dienone is 1. The molecule has 126 valence electrons. The Balaban J connectivity index is 0.00000220. The molecule has 1 saturated heterocycles. The molecule has 0 aromatic heterocycles. The number of nitrogens with one attached hydrogen (secondary N) is 1. The highest BCUT2D eigenvalue weighted by Crippen LogP contribution is 2.41. The fourth-order valence-corrected chi connectivity index (χ4v) is 3.28. The van der Waals surface area contributed by atoms with Gasteiger partial charge in [-0.05, 0) is 40.9 Å². The summed E-state index contributed by atoms with van der Waals surface area (Å²) in [6, 6.07) is 3.74. The highest BCUT2D eigenvalue weighted by molar-refractivity contribution is 9.10. The topological polar surface area (TPSA) is 35.5 Å². The summed E-state index contributed by atoms with van der Waals surface area (Å²) in [6.07, 6.45) is 3.72. The molecule has 1 aromatic rings. The van der Waals surface area contributed by atoms with Crippen molar-refractivity contribution in [1.82, 2.24) is 10.2 Å². The van der Waals surface area contributed by atoms with Crippen molar-refractivity contribution in [3.63, 3.8) is 0 Å². The van der Waals surface area contributed by atoms with E-state index >= 15 is 0 Å². The summed E-state index contributed by atoms with van der Waals surface area (Å²) < 4.78 is 0.690. The number of hydrogen-bond donors (Lipinski definition) is 2. The predicted molar refractivity (Wildman–Crippen MR) is 102 cm³/mol. The monoisotopic (exact) mass is 430 g/mol. The first-order valence-corrected chi connectivity index (χ1v) is 8.04. The number of phenolic OH excluding ortho intramolecular Hbond substituents is 1. The molecule has 1 aromatic carbocycles. The van der Waals surface area contributed by atoms with Gasteiger partial charge in [0, 0.05) is 42.8 Å². The minimum absolute atomic E-state index is 0. The average molecular weight is 433 g/mol. The lowest BCUT2D eigenvalue weighted by molar-refractivity contribution is 0.163. The number of halogens is 4. The Morgan fingerprint density at radius 3 is 2.59 bits per heavy atom. The summed E-state index contributed by atoms with van der Waals surface area (Å²) in [5.41, 5.74) is 0.824. The molecule has 0 spiro atoms. The van der Waals surface area contributed by atoms with Gasteiger partial charge in [-0.1, -0.05) is 17.7 Å². The van der Waals surface area contributed by atoms with E-state index in [2.05, 4.69) is 32.7 Å². The Bertz CT molecular complexity index is 482. The molecule has 0 saturated carbocycles. The van der Waals surface area contributed by atoms with Gasteiger partial charge < -0.3 is 10.4 Å². The zero-order valence-corrected chi connectivity index (χ0v) is 16.2. The van der Waals surface area contributed by atoms with Gasteiger partial charge in [-0.2, -0.15) is 0 Å². The van der Waals surface area contributed by atoms with Crippen LogP contribution in [-0.4, -0.2) is 36.2 Å². The third-order valence-corrected chi connectivity index (χ3v) is 4.65. The largest absolute Gasteiger partial charge is 0.506 e. The van der Waals surface area contributed by atoms with Crippen molar-refractivity contribution in [3.8, 4) is 5.75 Å². The fourth-order valence-electron chi connectivity index (χ4n) is 2.65. The van der Waals surface area contributed by atoms with E-state index < -0.39 is 0 Å². The SMILES string of the molecule is C=CCC[C@@H](c1c(Cl)ccc(Br)c1O)N1CCNCC1.Cl.Cl. The zero-order valence-electron chi connectivity index (χ0n) is 12.2. The molecule has 1 fully saturated rings. The summed E-state index contributed by atoms with van der Waals surface area (Å²) in [6.45, 7) is 7.66. The van der Waals surface area contributed by atoms with Crippen LogP contribution in [0.4, 0.5) is 0 Å².